The highest BCUT2D eigenvalue weighted by molar-refractivity contribution is 6.14. The zero-order valence-electron chi connectivity index (χ0n) is 14.6. The molecule has 2 fully saturated rings. The topological polar surface area (TPSA) is 98.1 Å². The van der Waals surface area contributed by atoms with Crippen LogP contribution in [0.1, 0.15) is 43.0 Å². The van der Waals surface area contributed by atoms with E-state index in [0.717, 1.165) is 6.42 Å². The molecule has 3 rings (SSSR count). The van der Waals surface area contributed by atoms with Gasteiger partial charge >= 0.3 is 5.97 Å². The highest BCUT2D eigenvalue weighted by atomic mass is 16.4. The molecule has 3 N–H and O–H groups in total. The van der Waals surface area contributed by atoms with Gasteiger partial charge in [0.25, 0.3) is 0 Å². The average Bonchev–Trinajstić information content (AvgIpc) is 2.81. The SMILES string of the molecule is CC(O)C[C@@]1(O)C[C@@H]2CC[C@@H](N2C)[C@]1(C(=O)O)C(=O)c1ccccc1. The number of carboxylic acids is 1. The number of aliphatic hydroxyl groups is 2. The van der Waals surface area contributed by atoms with Gasteiger partial charge in [-0.3, -0.25) is 14.5 Å². The van der Waals surface area contributed by atoms with Crippen molar-refractivity contribution in [2.24, 2.45) is 5.41 Å². The third kappa shape index (κ3) is 2.51. The second-order valence-electron chi connectivity index (χ2n) is 7.51. The summed E-state index contributed by atoms with van der Waals surface area (Å²) in [6, 6.07) is 7.70. The van der Waals surface area contributed by atoms with E-state index in [9.17, 15) is 24.9 Å². The van der Waals surface area contributed by atoms with Crippen LogP contribution in [0.3, 0.4) is 0 Å². The summed E-state index contributed by atoms with van der Waals surface area (Å²) in [5.41, 5.74) is -3.52. The Morgan fingerprint density at radius 3 is 2.48 bits per heavy atom. The molecule has 0 spiro atoms. The van der Waals surface area contributed by atoms with Crippen LogP contribution in [0.15, 0.2) is 30.3 Å². The van der Waals surface area contributed by atoms with Crippen molar-refractivity contribution in [3.63, 3.8) is 0 Å². The fourth-order valence-electron chi connectivity index (χ4n) is 4.99. The quantitative estimate of drug-likeness (QED) is 0.549. The van der Waals surface area contributed by atoms with Crippen LogP contribution in [0.2, 0.25) is 0 Å². The Morgan fingerprint density at radius 2 is 1.92 bits per heavy atom. The Labute approximate surface area is 147 Å². The van der Waals surface area contributed by atoms with Crippen molar-refractivity contribution in [2.45, 2.75) is 56.4 Å². The number of rotatable bonds is 5. The summed E-state index contributed by atoms with van der Waals surface area (Å²) < 4.78 is 0. The number of aliphatic hydroxyl groups excluding tert-OH is 1. The van der Waals surface area contributed by atoms with Gasteiger partial charge in [-0.15, -0.1) is 0 Å². The number of fused-ring (bicyclic) bond motifs is 2. The minimum atomic E-state index is -1.99. The summed E-state index contributed by atoms with van der Waals surface area (Å²) in [5.74, 6) is -1.90. The maximum atomic E-state index is 13.4. The third-order valence-electron chi connectivity index (χ3n) is 6.01. The molecule has 136 valence electrons. The summed E-state index contributed by atoms with van der Waals surface area (Å²) >= 11 is 0. The Morgan fingerprint density at radius 1 is 1.28 bits per heavy atom. The summed E-state index contributed by atoms with van der Waals surface area (Å²) in [4.78, 5) is 27.9. The van der Waals surface area contributed by atoms with Gasteiger partial charge in [-0.2, -0.15) is 0 Å². The molecular formula is C19H25NO5. The Kier molecular flexibility index (Phi) is 4.47. The van der Waals surface area contributed by atoms with Crippen molar-refractivity contribution in [3.05, 3.63) is 35.9 Å². The molecule has 25 heavy (non-hydrogen) atoms. The molecule has 0 aromatic heterocycles. The predicted octanol–water partition coefficient (Wildman–Crippen LogP) is 1.31. The number of benzene rings is 1. The normalized spacial score (nSPS) is 36.2. The number of piperidine rings is 1. The number of Topliss-reactive ketones (excluding diaryl/α,β-unsaturated/α-hetero) is 1. The fraction of sp³-hybridized carbons (Fsp3) is 0.579. The largest absolute Gasteiger partial charge is 0.480 e. The number of hydrogen-bond acceptors (Lipinski definition) is 5. The molecule has 2 aliphatic rings. The molecular weight excluding hydrogens is 322 g/mol. The molecule has 2 bridgehead atoms. The Balaban J connectivity index is 2.21. The number of aliphatic carboxylic acids is 1. The molecule has 6 heteroatoms. The van der Waals surface area contributed by atoms with Crippen LogP contribution in [-0.4, -0.2) is 62.8 Å². The molecule has 1 aromatic carbocycles. The molecule has 0 radical (unpaired) electrons. The Hall–Kier alpha value is -1.76. The van der Waals surface area contributed by atoms with E-state index in [0.29, 0.717) is 6.42 Å². The van der Waals surface area contributed by atoms with Crippen molar-refractivity contribution >= 4 is 11.8 Å². The number of carbonyl (C=O) groups is 2. The number of hydrogen-bond donors (Lipinski definition) is 3. The molecule has 6 nitrogen and oxygen atoms in total. The lowest BCUT2D eigenvalue weighted by Gasteiger charge is -2.54. The summed E-state index contributed by atoms with van der Waals surface area (Å²) in [5, 5.41) is 31.6. The van der Waals surface area contributed by atoms with Gasteiger partial charge in [0.1, 0.15) is 0 Å². The first kappa shape index (κ1) is 18.0. The first-order valence-electron chi connectivity index (χ1n) is 8.69. The molecule has 1 aromatic rings. The zero-order valence-corrected chi connectivity index (χ0v) is 14.6. The number of carbonyl (C=O) groups excluding carboxylic acids is 1. The van der Waals surface area contributed by atoms with E-state index >= 15 is 0 Å². The average molecular weight is 347 g/mol. The van der Waals surface area contributed by atoms with Gasteiger partial charge in [0.2, 0.25) is 0 Å². The van der Waals surface area contributed by atoms with Crippen molar-refractivity contribution in [1.82, 2.24) is 4.90 Å². The van der Waals surface area contributed by atoms with Gasteiger partial charge < -0.3 is 15.3 Å². The van der Waals surface area contributed by atoms with E-state index in [1.165, 1.54) is 6.92 Å². The van der Waals surface area contributed by atoms with Gasteiger partial charge in [-0.25, -0.2) is 0 Å². The predicted molar refractivity (Wildman–Crippen MR) is 91.3 cm³/mol. The Bertz CT molecular complexity index is 676. The van der Waals surface area contributed by atoms with Crippen molar-refractivity contribution in [3.8, 4) is 0 Å². The van der Waals surface area contributed by atoms with Gasteiger partial charge in [0.05, 0.1) is 11.7 Å². The van der Waals surface area contributed by atoms with Gasteiger partial charge in [-0.05, 0) is 33.2 Å². The molecule has 5 atom stereocenters. The highest BCUT2D eigenvalue weighted by Gasteiger charge is 2.71. The van der Waals surface area contributed by atoms with E-state index in [2.05, 4.69) is 0 Å². The summed E-state index contributed by atoms with van der Waals surface area (Å²) in [6.07, 6.45) is 0.387. The number of carboxylic acid groups (broad SMARTS) is 1. The standard InChI is InChI=1S/C19H25NO5/c1-12(21)10-18(25)11-14-8-9-15(20(14)2)19(18,17(23)24)16(22)13-6-4-3-5-7-13/h3-7,12,14-15,21,25H,8-11H2,1-2H3,(H,23,24)/t12?,14-,15+,18+,19+/m0/s1. The number of nitrogens with zero attached hydrogens (tertiary/aromatic N) is 1. The van der Waals surface area contributed by atoms with E-state index in [-0.39, 0.29) is 24.4 Å². The summed E-state index contributed by atoms with van der Waals surface area (Å²) in [6.45, 7) is 1.51. The lowest BCUT2D eigenvalue weighted by atomic mass is 9.58. The molecule has 2 heterocycles. The van der Waals surface area contributed by atoms with Gasteiger partial charge in [-0.1, -0.05) is 30.3 Å². The summed E-state index contributed by atoms with van der Waals surface area (Å²) in [7, 11) is 1.82. The monoisotopic (exact) mass is 347 g/mol. The molecule has 2 aliphatic heterocycles. The van der Waals surface area contributed by atoms with Gasteiger partial charge in [0, 0.05) is 24.1 Å². The van der Waals surface area contributed by atoms with Crippen molar-refractivity contribution in [1.29, 1.82) is 0 Å². The van der Waals surface area contributed by atoms with Crippen LogP contribution < -0.4 is 0 Å². The lowest BCUT2D eigenvalue weighted by molar-refractivity contribution is -0.187. The maximum absolute atomic E-state index is 13.4. The minimum Gasteiger partial charge on any atom is -0.480 e. The zero-order chi connectivity index (χ0) is 18.4. The second kappa shape index (κ2) is 6.20. The van der Waals surface area contributed by atoms with Crippen LogP contribution in [0.4, 0.5) is 0 Å². The molecule has 0 aliphatic carbocycles. The van der Waals surface area contributed by atoms with Gasteiger partial charge in [0.15, 0.2) is 11.2 Å². The lowest BCUT2D eigenvalue weighted by Crippen LogP contribution is -2.71. The molecule has 0 saturated carbocycles. The smallest absolute Gasteiger partial charge is 0.322 e. The van der Waals surface area contributed by atoms with Crippen LogP contribution >= 0.6 is 0 Å². The minimum absolute atomic E-state index is 0.0183. The van der Waals surface area contributed by atoms with Crippen LogP contribution in [0.5, 0.6) is 0 Å². The van der Waals surface area contributed by atoms with E-state index in [4.69, 9.17) is 0 Å². The van der Waals surface area contributed by atoms with Crippen LogP contribution in [0, 0.1) is 5.41 Å². The van der Waals surface area contributed by atoms with E-state index in [1.807, 2.05) is 11.9 Å². The maximum Gasteiger partial charge on any atom is 0.322 e. The van der Waals surface area contributed by atoms with Crippen molar-refractivity contribution < 1.29 is 24.9 Å². The van der Waals surface area contributed by atoms with Crippen molar-refractivity contribution in [2.75, 3.05) is 7.05 Å². The van der Waals surface area contributed by atoms with Crippen LogP contribution in [0.25, 0.3) is 0 Å². The van der Waals surface area contributed by atoms with E-state index in [1.54, 1.807) is 30.3 Å². The first-order chi connectivity index (χ1) is 11.7. The van der Waals surface area contributed by atoms with E-state index < -0.39 is 34.9 Å². The second-order valence-corrected chi connectivity index (χ2v) is 7.51. The van der Waals surface area contributed by atoms with Crippen LogP contribution in [-0.2, 0) is 4.79 Å². The molecule has 0 amide bonds. The first-order valence-corrected chi connectivity index (χ1v) is 8.69. The molecule has 2 saturated heterocycles. The third-order valence-corrected chi connectivity index (χ3v) is 6.01. The fourth-order valence-corrected chi connectivity index (χ4v) is 4.99. The molecule has 1 unspecified atom stereocenters. The number of ketones is 1. The highest BCUT2D eigenvalue weighted by Crippen LogP contribution is 2.55.